The van der Waals surface area contributed by atoms with Crippen molar-refractivity contribution in [2.24, 2.45) is 0 Å². The SMILES string of the molecule is COc1ccc(/C=C/C(=O)N2CCCC(c3nc(-c4ccc(NC(C)=O)cc4)no3)C2)cc1. The van der Waals surface area contributed by atoms with Crippen LogP contribution in [-0.2, 0) is 9.59 Å². The molecule has 170 valence electrons. The van der Waals surface area contributed by atoms with Crippen LogP contribution in [0.15, 0.2) is 59.1 Å². The fraction of sp³-hybridized carbons (Fsp3) is 0.280. The molecule has 0 aliphatic carbocycles. The van der Waals surface area contributed by atoms with E-state index in [4.69, 9.17) is 9.26 Å². The highest BCUT2D eigenvalue weighted by Crippen LogP contribution is 2.28. The standard InChI is InChI=1S/C25H26N4O4/c1-17(30)26-21-10-8-19(9-11-21)24-27-25(33-28-24)20-4-3-15-29(16-20)23(31)14-7-18-5-12-22(32-2)13-6-18/h5-14,20H,3-4,15-16H2,1-2H3,(H,26,30)/b14-7+. The Morgan fingerprint density at radius 2 is 1.91 bits per heavy atom. The minimum atomic E-state index is -0.125. The molecule has 1 atom stereocenters. The number of hydrogen-bond acceptors (Lipinski definition) is 6. The zero-order valence-electron chi connectivity index (χ0n) is 18.7. The van der Waals surface area contributed by atoms with Crippen molar-refractivity contribution in [1.29, 1.82) is 0 Å². The minimum Gasteiger partial charge on any atom is -0.497 e. The molecule has 2 amide bonds. The highest BCUT2D eigenvalue weighted by atomic mass is 16.5. The Hall–Kier alpha value is -3.94. The number of nitrogens with zero attached hydrogens (tertiary/aromatic N) is 3. The van der Waals surface area contributed by atoms with Gasteiger partial charge in [0, 0.05) is 37.3 Å². The number of carbonyl (C=O) groups excluding carboxylic acids is 2. The largest absolute Gasteiger partial charge is 0.497 e. The zero-order chi connectivity index (χ0) is 23.2. The van der Waals surface area contributed by atoms with Gasteiger partial charge in [-0.25, -0.2) is 0 Å². The number of nitrogens with one attached hydrogen (secondary N) is 1. The lowest BCUT2D eigenvalue weighted by molar-refractivity contribution is -0.127. The minimum absolute atomic E-state index is 0.00279. The summed E-state index contributed by atoms with van der Waals surface area (Å²) >= 11 is 0. The monoisotopic (exact) mass is 446 g/mol. The fourth-order valence-corrected chi connectivity index (χ4v) is 3.79. The number of likely N-dealkylation sites (tertiary alicyclic amines) is 1. The molecule has 0 spiro atoms. The maximum atomic E-state index is 12.7. The van der Waals surface area contributed by atoms with Crippen LogP contribution in [0, 0.1) is 0 Å². The number of ether oxygens (including phenoxy) is 1. The van der Waals surface area contributed by atoms with Gasteiger partial charge in [-0.15, -0.1) is 0 Å². The molecular weight excluding hydrogens is 420 g/mol. The lowest BCUT2D eigenvalue weighted by Crippen LogP contribution is -2.38. The van der Waals surface area contributed by atoms with Gasteiger partial charge >= 0.3 is 0 Å². The van der Waals surface area contributed by atoms with Crippen LogP contribution in [0.2, 0.25) is 0 Å². The first-order valence-corrected chi connectivity index (χ1v) is 10.8. The summed E-state index contributed by atoms with van der Waals surface area (Å²) in [5, 5.41) is 6.84. The smallest absolute Gasteiger partial charge is 0.246 e. The van der Waals surface area contributed by atoms with Crippen molar-refractivity contribution >= 4 is 23.6 Å². The summed E-state index contributed by atoms with van der Waals surface area (Å²) in [5.74, 6) is 1.63. The van der Waals surface area contributed by atoms with Gasteiger partial charge in [0.15, 0.2) is 0 Å². The number of methoxy groups -OCH3 is 1. The Balaban J connectivity index is 1.39. The third-order valence-electron chi connectivity index (χ3n) is 5.52. The number of carbonyl (C=O) groups is 2. The molecule has 3 aromatic rings. The first-order chi connectivity index (χ1) is 16.0. The van der Waals surface area contributed by atoms with Crippen LogP contribution in [-0.4, -0.2) is 47.1 Å². The van der Waals surface area contributed by atoms with E-state index < -0.39 is 0 Å². The lowest BCUT2D eigenvalue weighted by atomic mass is 9.98. The highest BCUT2D eigenvalue weighted by molar-refractivity contribution is 5.92. The van der Waals surface area contributed by atoms with E-state index in [-0.39, 0.29) is 17.7 Å². The van der Waals surface area contributed by atoms with Crippen LogP contribution in [0.4, 0.5) is 5.69 Å². The van der Waals surface area contributed by atoms with Crippen molar-refractivity contribution in [3.8, 4) is 17.1 Å². The lowest BCUT2D eigenvalue weighted by Gasteiger charge is -2.30. The number of anilines is 1. The van der Waals surface area contributed by atoms with Crippen LogP contribution in [0.3, 0.4) is 0 Å². The number of piperidine rings is 1. The summed E-state index contributed by atoms with van der Waals surface area (Å²) in [4.78, 5) is 30.3. The molecule has 0 radical (unpaired) electrons. The van der Waals surface area contributed by atoms with Crippen molar-refractivity contribution in [3.63, 3.8) is 0 Å². The number of rotatable bonds is 6. The molecule has 2 aromatic carbocycles. The molecule has 1 saturated heterocycles. The summed E-state index contributed by atoms with van der Waals surface area (Å²) in [5.41, 5.74) is 2.44. The predicted octanol–water partition coefficient (Wildman–Crippen LogP) is 4.12. The first kappa shape index (κ1) is 22.3. The fourth-order valence-electron chi connectivity index (χ4n) is 3.79. The van der Waals surface area contributed by atoms with Crippen molar-refractivity contribution in [3.05, 3.63) is 66.1 Å². The summed E-state index contributed by atoms with van der Waals surface area (Å²) in [7, 11) is 1.62. The molecular formula is C25H26N4O4. The van der Waals surface area contributed by atoms with Crippen LogP contribution in [0.1, 0.15) is 37.1 Å². The maximum absolute atomic E-state index is 12.7. The molecule has 4 rings (SSSR count). The van der Waals surface area contributed by atoms with Gasteiger partial charge in [0.2, 0.25) is 23.5 Å². The van der Waals surface area contributed by atoms with Gasteiger partial charge in [0.05, 0.1) is 13.0 Å². The second kappa shape index (κ2) is 10.1. The molecule has 1 aliphatic heterocycles. The molecule has 1 aliphatic rings. The first-order valence-electron chi connectivity index (χ1n) is 10.8. The van der Waals surface area contributed by atoms with Crippen molar-refractivity contribution in [2.45, 2.75) is 25.7 Å². The molecule has 0 saturated carbocycles. The van der Waals surface area contributed by atoms with E-state index in [0.717, 1.165) is 29.7 Å². The molecule has 8 heteroatoms. The van der Waals surface area contributed by atoms with E-state index in [1.807, 2.05) is 41.3 Å². The summed E-state index contributed by atoms with van der Waals surface area (Å²) in [6.07, 6.45) is 5.16. The molecule has 0 bridgehead atoms. The van der Waals surface area contributed by atoms with Gasteiger partial charge in [-0.3, -0.25) is 9.59 Å². The zero-order valence-corrected chi connectivity index (χ0v) is 18.7. The van der Waals surface area contributed by atoms with Crippen LogP contribution < -0.4 is 10.1 Å². The van der Waals surface area contributed by atoms with Gasteiger partial charge in [-0.05, 0) is 60.9 Å². The van der Waals surface area contributed by atoms with E-state index in [9.17, 15) is 9.59 Å². The molecule has 1 aromatic heterocycles. The van der Waals surface area contributed by atoms with E-state index in [2.05, 4.69) is 15.5 Å². The Morgan fingerprint density at radius 3 is 2.61 bits per heavy atom. The Bertz CT molecular complexity index is 1140. The molecule has 1 fully saturated rings. The second-order valence-corrected chi connectivity index (χ2v) is 7.94. The van der Waals surface area contributed by atoms with Gasteiger partial charge in [-0.1, -0.05) is 17.3 Å². The van der Waals surface area contributed by atoms with Crippen LogP contribution >= 0.6 is 0 Å². The average molecular weight is 447 g/mol. The third kappa shape index (κ3) is 5.65. The Morgan fingerprint density at radius 1 is 1.15 bits per heavy atom. The van der Waals surface area contributed by atoms with Gasteiger partial charge in [-0.2, -0.15) is 4.98 Å². The number of amides is 2. The van der Waals surface area contributed by atoms with Crippen molar-refractivity contribution in [1.82, 2.24) is 15.0 Å². The van der Waals surface area contributed by atoms with Crippen LogP contribution in [0.25, 0.3) is 17.5 Å². The van der Waals surface area contributed by atoms with E-state index >= 15 is 0 Å². The summed E-state index contributed by atoms with van der Waals surface area (Å²) in [6, 6.07) is 14.8. The molecule has 1 unspecified atom stereocenters. The van der Waals surface area contributed by atoms with Crippen molar-refractivity contribution < 1.29 is 18.8 Å². The average Bonchev–Trinajstić information content (AvgIpc) is 3.33. The Kier molecular flexibility index (Phi) is 6.83. The van der Waals surface area contributed by atoms with Gasteiger partial charge in [0.25, 0.3) is 0 Å². The number of hydrogen-bond donors (Lipinski definition) is 1. The molecule has 33 heavy (non-hydrogen) atoms. The normalized spacial score (nSPS) is 16.1. The van der Waals surface area contributed by atoms with E-state index in [1.54, 1.807) is 31.4 Å². The van der Waals surface area contributed by atoms with Crippen molar-refractivity contribution in [2.75, 3.05) is 25.5 Å². The summed E-state index contributed by atoms with van der Waals surface area (Å²) < 4.78 is 10.7. The Labute approximate surface area is 192 Å². The molecule has 1 N–H and O–H groups in total. The van der Waals surface area contributed by atoms with E-state index in [1.165, 1.54) is 6.92 Å². The number of aromatic nitrogens is 2. The van der Waals surface area contributed by atoms with Gasteiger partial charge < -0.3 is 19.5 Å². The maximum Gasteiger partial charge on any atom is 0.246 e. The topological polar surface area (TPSA) is 97.6 Å². The predicted molar refractivity (Wildman–Crippen MR) is 125 cm³/mol. The highest BCUT2D eigenvalue weighted by Gasteiger charge is 2.28. The third-order valence-corrected chi connectivity index (χ3v) is 5.52. The van der Waals surface area contributed by atoms with E-state index in [0.29, 0.717) is 30.5 Å². The van der Waals surface area contributed by atoms with Crippen LogP contribution in [0.5, 0.6) is 5.75 Å². The molecule has 2 heterocycles. The second-order valence-electron chi connectivity index (χ2n) is 7.94. The molecule has 8 nitrogen and oxygen atoms in total. The summed E-state index contributed by atoms with van der Waals surface area (Å²) in [6.45, 7) is 2.70. The van der Waals surface area contributed by atoms with Gasteiger partial charge in [0.1, 0.15) is 5.75 Å². The quantitative estimate of drug-likeness (QED) is 0.572. The number of benzene rings is 2.